The first kappa shape index (κ1) is 18.4. The lowest BCUT2D eigenvalue weighted by Crippen LogP contribution is -2.63. The minimum atomic E-state index is -0.440. The summed E-state index contributed by atoms with van der Waals surface area (Å²) in [5.41, 5.74) is 0.472. The fourth-order valence-electron chi connectivity index (χ4n) is 10.1. The fraction of sp³-hybridized carbons (Fsp3) is 1.00. The zero-order valence-corrected chi connectivity index (χ0v) is 18.0. The normalized spacial score (nSPS) is 58.7. The maximum atomic E-state index is 11.7. The number of hydrogen-bond acceptors (Lipinski definition) is 5. The molecule has 2 aliphatic heterocycles. The molecular weight excluding hydrogens is 368 g/mol. The molecule has 0 aromatic carbocycles. The van der Waals surface area contributed by atoms with Gasteiger partial charge in [-0.25, -0.2) is 0 Å². The van der Waals surface area contributed by atoms with Crippen molar-refractivity contribution in [2.45, 2.75) is 82.9 Å². The molecule has 5 heteroatoms. The van der Waals surface area contributed by atoms with Crippen LogP contribution in [0, 0.1) is 39.9 Å². The summed E-state index contributed by atoms with van der Waals surface area (Å²) in [6.07, 6.45) is 8.51. The highest BCUT2D eigenvalue weighted by Gasteiger charge is 2.78. The van der Waals surface area contributed by atoms with E-state index in [0.29, 0.717) is 36.4 Å². The molecule has 7 rings (SSSR count). The van der Waals surface area contributed by atoms with Crippen molar-refractivity contribution in [2.24, 2.45) is 39.9 Å². The molecule has 0 aromatic heterocycles. The number of aliphatic hydroxyl groups excluding tert-OH is 1. The van der Waals surface area contributed by atoms with Crippen LogP contribution in [0.4, 0.5) is 0 Å². The molecule has 0 bridgehead atoms. The predicted molar refractivity (Wildman–Crippen MR) is 105 cm³/mol. The molecule has 2 heterocycles. The van der Waals surface area contributed by atoms with Gasteiger partial charge in [-0.3, -0.25) is 0 Å². The Morgan fingerprint density at radius 1 is 0.828 bits per heavy atom. The minimum Gasteiger partial charge on any atom is -0.393 e. The first-order chi connectivity index (χ1) is 13.9. The Balaban J connectivity index is 1.26. The third-order valence-electron chi connectivity index (χ3n) is 11.3. The molecule has 0 aromatic rings. The monoisotopic (exact) mass is 404 g/mol. The molecule has 7 fully saturated rings. The van der Waals surface area contributed by atoms with Crippen LogP contribution in [0.25, 0.3) is 0 Å². The van der Waals surface area contributed by atoms with Crippen molar-refractivity contribution in [1.82, 2.24) is 0 Å². The lowest BCUT2D eigenvalue weighted by Gasteiger charge is -2.63. The Bertz CT molecular complexity index is 727. The van der Waals surface area contributed by atoms with Gasteiger partial charge in [0.15, 0.2) is 11.6 Å². The van der Waals surface area contributed by atoms with Crippen LogP contribution in [0.3, 0.4) is 0 Å². The van der Waals surface area contributed by atoms with Crippen LogP contribution in [-0.2, 0) is 18.9 Å². The standard InChI is InChI=1S/C24H36O5/c1-20-5-6-23(26-7-8-27-23)14-22(20)12-15(22)11-16-17-3-4-24(28-9-10-29-24)21(17,2)13-18(25)19(16)20/h15-19,25H,3-14H2,1-2H3/t15-,16+,17+,18+,19-,20-,21+,22-/m1/s1. The SMILES string of the molecule is C[C@]12C[C@H](O)[C@H]3[C@@H](C[C@@H]4C[C@@]45CC4(CC[C@]35C)OCCO4)[C@@H]1CCC21OCCO1. The quantitative estimate of drug-likeness (QED) is 0.670. The lowest BCUT2D eigenvalue weighted by atomic mass is 9.43. The second kappa shape index (κ2) is 5.40. The Hall–Kier alpha value is -0.200. The number of hydrogen-bond donors (Lipinski definition) is 1. The van der Waals surface area contributed by atoms with E-state index in [4.69, 9.17) is 18.9 Å². The van der Waals surface area contributed by atoms with Crippen LogP contribution in [-0.4, -0.2) is 49.2 Å². The van der Waals surface area contributed by atoms with Crippen LogP contribution in [0.15, 0.2) is 0 Å². The zero-order chi connectivity index (χ0) is 19.7. The molecule has 2 saturated heterocycles. The Labute approximate surface area is 173 Å². The van der Waals surface area contributed by atoms with Crippen LogP contribution in [0.5, 0.6) is 0 Å². The topological polar surface area (TPSA) is 57.2 Å². The van der Waals surface area contributed by atoms with Crippen LogP contribution < -0.4 is 0 Å². The van der Waals surface area contributed by atoms with E-state index in [1.807, 2.05) is 0 Å². The van der Waals surface area contributed by atoms with Crippen molar-refractivity contribution in [1.29, 1.82) is 0 Å². The molecule has 8 atom stereocenters. The summed E-state index contributed by atoms with van der Waals surface area (Å²) >= 11 is 0. The van der Waals surface area contributed by atoms with Crippen molar-refractivity contribution in [3.8, 4) is 0 Å². The Kier molecular flexibility index (Phi) is 3.42. The van der Waals surface area contributed by atoms with Crippen LogP contribution in [0.1, 0.15) is 65.2 Å². The van der Waals surface area contributed by atoms with E-state index in [1.165, 1.54) is 19.3 Å². The van der Waals surface area contributed by atoms with Gasteiger partial charge in [-0.05, 0) is 66.6 Å². The Morgan fingerprint density at radius 3 is 2.31 bits per heavy atom. The molecule has 5 nitrogen and oxygen atoms in total. The van der Waals surface area contributed by atoms with Gasteiger partial charge in [0.05, 0.1) is 32.5 Å². The van der Waals surface area contributed by atoms with Crippen LogP contribution >= 0.6 is 0 Å². The van der Waals surface area contributed by atoms with Gasteiger partial charge in [-0.1, -0.05) is 13.8 Å². The van der Waals surface area contributed by atoms with E-state index < -0.39 is 5.79 Å². The molecule has 0 unspecified atom stereocenters. The third-order valence-corrected chi connectivity index (χ3v) is 11.3. The summed E-state index contributed by atoms with van der Waals surface area (Å²) in [5.74, 6) is 1.62. The van der Waals surface area contributed by atoms with Gasteiger partial charge in [0.1, 0.15) is 0 Å². The molecule has 7 aliphatic rings. The smallest absolute Gasteiger partial charge is 0.174 e. The minimum absolute atomic E-state index is 0.0527. The number of fused-ring (bicyclic) bond motifs is 5. The van der Waals surface area contributed by atoms with Gasteiger partial charge >= 0.3 is 0 Å². The highest BCUT2D eigenvalue weighted by atomic mass is 16.7. The number of rotatable bonds is 0. The van der Waals surface area contributed by atoms with Gasteiger partial charge < -0.3 is 24.1 Å². The second-order valence-corrected chi connectivity index (χ2v) is 12.0. The van der Waals surface area contributed by atoms with Gasteiger partial charge in [-0.15, -0.1) is 0 Å². The van der Waals surface area contributed by atoms with E-state index in [9.17, 15) is 5.11 Å². The zero-order valence-electron chi connectivity index (χ0n) is 18.0. The molecule has 0 radical (unpaired) electrons. The van der Waals surface area contributed by atoms with Gasteiger partial charge in [0, 0.05) is 24.7 Å². The first-order valence-corrected chi connectivity index (χ1v) is 12.1. The second-order valence-electron chi connectivity index (χ2n) is 12.0. The molecule has 5 saturated carbocycles. The molecule has 3 spiro atoms. The molecule has 162 valence electrons. The van der Waals surface area contributed by atoms with Crippen molar-refractivity contribution in [3.05, 3.63) is 0 Å². The maximum absolute atomic E-state index is 11.7. The van der Waals surface area contributed by atoms with Crippen molar-refractivity contribution in [2.75, 3.05) is 26.4 Å². The lowest BCUT2D eigenvalue weighted by molar-refractivity contribution is -0.278. The van der Waals surface area contributed by atoms with Crippen molar-refractivity contribution < 1.29 is 24.1 Å². The summed E-state index contributed by atoms with van der Waals surface area (Å²) in [6.45, 7) is 7.78. The van der Waals surface area contributed by atoms with Gasteiger partial charge in [0.25, 0.3) is 0 Å². The summed E-state index contributed by atoms with van der Waals surface area (Å²) in [5, 5.41) is 11.7. The molecule has 0 amide bonds. The van der Waals surface area contributed by atoms with E-state index in [1.54, 1.807) is 0 Å². The molecule has 5 aliphatic carbocycles. The highest BCUT2D eigenvalue weighted by molar-refractivity contribution is 5.25. The van der Waals surface area contributed by atoms with E-state index in [-0.39, 0.29) is 22.7 Å². The van der Waals surface area contributed by atoms with Crippen molar-refractivity contribution >= 4 is 0 Å². The van der Waals surface area contributed by atoms with E-state index in [2.05, 4.69) is 13.8 Å². The molecule has 29 heavy (non-hydrogen) atoms. The number of ether oxygens (including phenoxy) is 4. The maximum Gasteiger partial charge on any atom is 0.174 e. The van der Waals surface area contributed by atoms with Crippen molar-refractivity contribution in [3.63, 3.8) is 0 Å². The number of aliphatic hydroxyl groups is 1. The summed E-state index contributed by atoms with van der Waals surface area (Å²) < 4.78 is 24.9. The molecule has 1 N–H and O–H groups in total. The summed E-state index contributed by atoms with van der Waals surface area (Å²) in [6, 6.07) is 0. The van der Waals surface area contributed by atoms with Crippen LogP contribution in [0.2, 0.25) is 0 Å². The van der Waals surface area contributed by atoms with E-state index in [0.717, 1.165) is 51.2 Å². The third kappa shape index (κ3) is 1.97. The Morgan fingerprint density at radius 2 is 1.55 bits per heavy atom. The first-order valence-electron chi connectivity index (χ1n) is 12.1. The average molecular weight is 405 g/mol. The predicted octanol–water partition coefficient (Wildman–Crippen LogP) is 3.49. The summed E-state index contributed by atoms with van der Waals surface area (Å²) in [4.78, 5) is 0. The van der Waals surface area contributed by atoms with E-state index >= 15 is 0 Å². The fourth-order valence-corrected chi connectivity index (χ4v) is 10.1. The summed E-state index contributed by atoms with van der Waals surface area (Å²) in [7, 11) is 0. The highest BCUT2D eigenvalue weighted by Crippen LogP contribution is 2.82. The molecular formula is C24H36O5. The largest absolute Gasteiger partial charge is 0.393 e. The average Bonchev–Trinajstić information content (AvgIpc) is 3.06. The van der Waals surface area contributed by atoms with Gasteiger partial charge in [-0.2, -0.15) is 0 Å². The van der Waals surface area contributed by atoms with Gasteiger partial charge in [0.2, 0.25) is 0 Å².